The van der Waals surface area contributed by atoms with Crippen molar-refractivity contribution in [2.45, 2.75) is 12.9 Å². The Bertz CT molecular complexity index is 300. The molecular weight excluding hydrogens is 202 g/mol. The number of alkyl halides is 3. The molecule has 6 heteroatoms. The van der Waals surface area contributed by atoms with Crippen LogP contribution in [-0.4, -0.2) is 6.36 Å². The van der Waals surface area contributed by atoms with Gasteiger partial charge in [0.1, 0.15) is 5.75 Å². The number of hydrogen-bond acceptors (Lipinski definition) is 2. The Morgan fingerprint density at radius 1 is 1.29 bits per heavy atom. The fourth-order valence-electron chi connectivity index (χ4n) is 0.930. The van der Waals surface area contributed by atoms with Crippen LogP contribution in [0.5, 0.6) is 5.75 Å². The van der Waals surface area contributed by atoms with E-state index in [-0.39, 0.29) is 12.3 Å². The molecule has 0 aliphatic heterocycles. The molecule has 0 aliphatic carbocycles. The summed E-state index contributed by atoms with van der Waals surface area (Å²) in [6.45, 7) is -0.158. The molecule has 1 N–H and O–H groups in total. The highest BCUT2D eigenvalue weighted by Crippen LogP contribution is 2.23. The first kappa shape index (κ1) is 10.8. The zero-order valence-corrected chi connectivity index (χ0v) is 6.94. The first-order valence-electron chi connectivity index (χ1n) is 3.69. The minimum atomic E-state index is -4.72. The second-order valence-corrected chi connectivity index (χ2v) is 2.51. The van der Waals surface area contributed by atoms with Gasteiger partial charge in [0.15, 0.2) is 0 Å². The van der Waals surface area contributed by atoms with Gasteiger partial charge in [0, 0.05) is 0 Å². The average Bonchev–Trinajstić information content (AvgIpc) is 2.02. The predicted octanol–water partition coefficient (Wildman–Crippen LogP) is 2.56. The van der Waals surface area contributed by atoms with Gasteiger partial charge >= 0.3 is 6.36 Å². The van der Waals surface area contributed by atoms with Gasteiger partial charge in [0.25, 0.3) is 0 Å². The highest BCUT2D eigenvalue weighted by Gasteiger charge is 2.30. The third-order valence-electron chi connectivity index (χ3n) is 1.40. The highest BCUT2D eigenvalue weighted by atomic mass is 19.4. The lowest BCUT2D eigenvalue weighted by Gasteiger charge is -2.09. The van der Waals surface area contributed by atoms with Crippen molar-refractivity contribution in [1.29, 1.82) is 0 Å². The van der Waals surface area contributed by atoms with Crippen LogP contribution in [0.3, 0.4) is 0 Å². The molecule has 0 aliphatic rings. The monoisotopic (exact) mass is 209 g/mol. The molecule has 1 rings (SSSR count). The molecule has 0 aromatic heterocycles. The van der Waals surface area contributed by atoms with Crippen molar-refractivity contribution in [2.24, 2.45) is 0 Å². The normalized spacial score (nSPS) is 11.4. The van der Waals surface area contributed by atoms with Crippen molar-refractivity contribution >= 4 is 0 Å². The first-order valence-corrected chi connectivity index (χ1v) is 3.69. The Balaban J connectivity index is 2.73. The second-order valence-electron chi connectivity index (χ2n) is 2.51. The second kappa shape index (κ2) is 4.28. The van der Waals surface area contributed by atoms with Crippen molar-refractivity contribution in [3.8, 4) is 5.75 Å². The van der Waals surface area contributed by atoms with E-state index in [0.717, 1.165) is 12.1 Å². The predicted molar refractivity (Wildman–Crippen MR) is 41.1 cm³/mol. The maximum absolute atomic E-state index is 11.7. The average molecular weight is 209 g/mol. The van der Waals surface area contributed by atoms with Crippen molar-refractivity contribution < 1.29 is 22.4 Å². The van der Waals surface area contributed by atoms with Crippen molar-refractivity contribution in [3.05, 3.63) is 29.8 Å². The molecule has 1 aromatic rings. The number of hydrogen-bond donors (Lipinski definition) is 1. The molecule has 0 spiro atoms. The zero-order valence-electron chi connectivity index (χ0n) is 6.94. The third kappa shape index (κ3) is 3.61. The summed E-state index contributed by atoms with van der Waals surface area (Å²) in [7, 11) is 0. The third-order valence-corrected chi connectivity index (χ3v) is 1.40. The summed E-state index contributed by atoms with van der Waals surface area (Å²) in [4.78, 5) is 0. The Labute approximate surface area is 77.4 Å². The smallest absolute Gasteiger partial charge is 0.406 e. The summed E-state index contributed by atoms with van der Waals surface area (Å²) in [6.07, 6.45) is -4.72. The van der Waals surface area contributed by atoms with E-state index in [1.165, 1.54) is 17.7 Å². The summed E-state index contributed by atoms with van der Waals surface area (Å²) >= 11 is 0. The fraction of sp³-hybridized carbons (Fsp3) is 0.250. The fourth-order valence-corrected chi connectivity index (χ4v) is 0.930. The molecule has 0 unspecified atom stereocenters. The summed E-state index contributed by atoms with van der Waals surface area (Å²) in [5.74, 6) is -0.356. The number of nitrogens with one attached hydrogen (secondary N) is 1. The van der Waals surface area contributed by atoms with Gasteiger partial charge in [-0.25, -0.2) is 0 Å². The van der Waals surface area contributed by atoms with Crippen LogP contribution >= 0.6 is 0 Å². The van der Waals surface area contributed by atoms with Crippen molar-refractivity contribution in [2.75, 3.05) is 0 Å². The van der Waals surface area contributed by atoms with E-state index < -0.39 is 6.36 Å². The Kier molecular flexibility index (Phi) is 3.29. The van der Waals surface area contributed by atoms with E-state index in [1.54, 1.807) is 0 Å². The van der Waals surface area contributed by atoms with Gasteiger partial charge in [-0.05, 0) is 17.7 Å². The molecule has 0 fully saturated rings. The van der Waals surface area contributed by atoms with Crippen LogP contribution in [0.4, 0.5) is 17.7 Å². The van der Waals surface area contributed by atoms with E-state index in [2.05, 4.69) is 4.74 Å². The lowest BCUT2D eigenvalue weighted by Crippen LogP contribution is -2.17. The van der Waals surface area contributed by atoms with Gasteiger partial charge in [0.05, 0.1) is 6.54 Å². The summed E-state index contributed by atoms with van der Waals surface area (Å²) in [5, 5.41) is 0. The maximum Gasteiger partial charge on any atom is 0.573 e. The van der Waals surface area contributed by atoms with Crippen LogP contribution in [0, 0.1) is 0 Å². The molecule has 0 bridgehead atoms. The zero-order chi connectivity index (χ0) is 10.6. The Morgan fingerprint density at radius 2 is 2.00 bits per heavy atom. The highest BCUT2D eigenvalue weighted by molar-refractivity contribution is 5.28. The molecule has 0 radical (unpaired) electrons. The molecule has 0 heterocycles. The molecule has 0 amide bonds. The minimum absolute atomic E-state index is 0.158. The van der Waals surface area contributed by atoms with Crippen LogP contribution in [-0.2, 0) is 6.54 Å². The SMILES string of the molecule is FNCc1cccc(OC(F)(F)F)c1. The van der Waals surface area contributed by atoms with Gasteiger partial charge in [0.2, 0.25) is 0 Å². The van der Waals surface area contributed by atoms with Crippen LogP contribution in [0.25, 0.3) is 0 Å². The minimum Gasteiger partial charge on any atom is -0.406 e. The maximum atomic E-state index is 11.7. The van der Waals surface area contributed by atoms with E-state index in [9.17, 15) is 17.7 Å². The molecule has 78 valence electrons. The van der Waals surface area contributed by atoms with Crippen LogP contribution in [0.2, 0.25) is 0 Å². The standard InChI is InChI=1S/C8H7F4NO/c9-8(10,11)14-7-3-1-2-6(4-7)5-13-12/h1-4,13H,5H2. The molecule has 14 heavy (non-hydrogen) atoms. The molecule has 0 saturated heterocycles. The van der Waals surface area contributed by atoms with Gasteiger partial charge in [-0.15, -0.1) is 17.7 Å². The van der Waals surface area contributed by atoms with Crippen LogP contribution < -0.4 is 10.3 Å². The summed E-state index contributed by atoms with van der Waals surface area (Å²) < 4.78 is 50.5. The number of ether oxygens (including phenoxy) is 1. The number of benzene rings is 1. The quantitative estimate of drug-likeness (QED) is 0.610. The molecule has 2 nitrogen and oxygen atoms in total. The van der Waals surface area contributed by atoms with E-state index in [0.29, 0.717) is 5.56 Å². The largest absolute Gasteiger partial charge is 0.573 e. The van der Waals surface area contributed by atoms with Crippen LogP contribution in [0.1, 0.15) is 5.56 Å². The summed E-state index contributed by atoms with van der Waals surface area (Å²) in [6, 6.07) is 5.10. The lowest BCUT2D eigenvalue weighted by atomic mass is 10.2. The molecule has 0 atom stereocenters. The Morgan fingerprint density at radius 3 is 2.57 bits per heavy atom. The first-order chi connectivity index (χ1) is 6.51. The van der Waals surface area contributed by atoms with E-state index in [4.69, 9.17) is 0 Å². The number of halogens is 4. The van der Waals surface area contributed by atoms with Gasteiger partial charge in [-0.2, -0.15) is 5.54 Å². The molecule has 1 aromatic carbocycles. The Hall–Kier alpha value is -1.30. The van der Waals surface area contributed by atoms with Crippen LogP contribution in [0.15, 0.2) is 24.3 Å². The topological polar surface area (TPSA) is 21.3 Å². The summed E-state index contributed by atoms with van der Waals surface area (Å²) in [5.41, 5.74) is 1.71. The van der Waals surface area contributed by atoms with Gasteiger partial charge in [-0.3, -0.25) is 0 Å². The lowest BCUT2D eigenvalue weighted by molar-refractivity contribution is -0.274. The molecule has 0 saturated carbocycles. The van der Waals surface area contributed by atoms with Gasteiger partial charge in [-0.1, -0.05) is 12.1 Å². The molecular formula is C8H7F4NO. The van der Waals surface area contributed by atoms with E-state index >= 15 is 0 Å². The van der Waals surface area contributed by atoms with Gasteiger partial charge < -0.3 is 4.74 Å². The van der Waals surface area contributed by atoms with Crippen molar-refractivity contribution in [1.82, 2.24) is 5.54 Å². The number of rotatable bonds is 3. The van der Waals surface area contributed by atoms with Crippen molar-refractivity contribution in [3.63, 3.8) is 0 Å². The van der Waals surface area contributed by atoms with E-state index in [1.807, 2.05) is 0 Å².